The molecule has 2 heterocycles. The van der Waals surface area contributed by atoms with Gasteiger partial charge in [0.15, 0.2) is 0 Å². The zero-order chi connectivity index (χ0) is 20.3. The predicted octanol–water partition coefficient (Wildman–Crippen LogP) is 5.24. The summed E-state index contributed by atoms with van der Waals surface area (Å²) in [5.74, 6) is 1.70. The Morgan fingerprint density at radius 3 is 2.80 bits per heavy atom. The Balaban J connectivity index is 0.00000320. The number of likely N-dealkylation sites (tertiary alicyclic amines) is 1. The molecule has 1 amide bonds. The number of amides is 1. The van der Waals surface area contributed by atoms with Crippen molar-refractivity contribution >= 4 is 41.4 Å². The summed E-state index contributed by atoms with van der Waals surface area (Å²) >= 11 is 3.26. The Labute approximate surface area is 192 Å². The van der Waals surface area contributed by atoms with Crippen LogP contribution >= 0.6 is 35.5 Å². The molecule has 2 aromatic rings. The third-order valence-electron chi connectivity index (χ3n) is 4.54. The minimum absolute atomic E-state index is 0. The van der Waals surface area contributed by atoms with Gasteiger partial charge in [0.1, 0.15) is 11.6 Å². The fourth-order valence-electron chi connectivity index (χ4n) is 3.04. The first-order chi connectivity index (χ1) is 14.2. The summed E-state index contributed by atoms with van der Waals surface area (Å²) in [5.41, 5.74) is 1.01. The molecule has 1 aromatic heterocycles. The number of carbonyl (C=O) groups is 1. The number of rotatable bonds is 11. The zero-order valence-corrected chi connectivity index (χ0v) is 19.3. The van der Waals surface area contributed by atoms with Gasteiger partial charge < -0.3 is 10.1 Å². The smallest absolute Gasteiger partial charge is 0.233 e. The average Bonchev–Trinajstić information content (AvgIpc) is 3.39. The molecule has 1 saturated heterocycles. The Morgan fingerprint density at radius 1 is 1.27 bits per heavy atom. The van der Waals surface area contributed by atoms with Crippen LogP contribution in [0.2, 0.25) is 0 Å². The Hall–Kier alpha value is -1.54. The first-order valence-electron chi connectivity index (χ1n) is 9.88. The molecular formula is C22H28ClFN2O2S2. The van der Waals surface area contributed by atoms with E-state index in [1.54, 1.807) is 29.7 Å². The topological polar surface area (TPSA) is 41.6 Å². The van der Waals surface area contributed by atoms with Crippen LogP contribution in [0, 0.1) is 5.82 Å². The van der Waals surface area contributed by atoms with E-state index < -0.39 is 0 Å². The fourth-order valence-corrected chi connectivity index (χ4v) is 4.69. The van der Waals surface area contributed by atoms with Crippen LogP contribution < -0.4 is 10.1 Å². The number of halogens is 2. The van der Waals surface area contributed by atoms with E-state index >= 15 is 0 Å². The number of hydrogen-bond donors (Lipinski definition) is 1. The molecule has 1 aromatic carbocycles. The van der Waals surface area contributed by atoms with Crippen LogP contribution in [0.3, 0.4) is 0 Å². The van der Waals surface area contributed by atoms with Crippen molar-refractivity contribution in [3.05, 3.63) is 64.2 Å². The van der Waals surface area contributed by atoms with Crippen molar-refractivity contribution in [2.45, 2.75) is 31.6 Å². The van der Waals surface area contributed by atoms with Crippen LogP contribution in [0.1, 0.15) is 29.7 Å². The first-order valence-corrected chi connectivity index (χ1v) is 11.9. The monoisotopic (exact) mass is 470 g/mol. The van der Waals surface area contributed by atoms with E-state index in [-0.39, 0.29) is 24.1 Å². The van der Waals surface area contributed by atoms with Crippen molar-refractivity contribution in [3.63, 3.8) is 0 Å². The van der Waals surface area contributed by atoms with E-state index in [9.17, 15) is 9.18 Å². The average molecular weight is 471 g/mol. The van der Waals surface area contributed by atoms with Gasteiger partial charge in [-0.25, -0.2) is 4.39 Å². The summed E-state index contributed by atoms with van der Waals surface area (Å²) in [6.07, 6.45) is 6.94. The van der Waals surface area contributed by atoms with Gasteiger partial charge in [-0.1, -0.05) is 18.2 Å². The number of nitrogens with zero attached hydrogens (tertiary/aromatic N) is 1. The normalized spacial score (nSPS) is 14.0. The molecule has 1 aliphatic heterocycles. The molecule has 0 unspecified atom stereocenters. The molecule has 0 spiro atoms. The van der Waals surface area contributed by atoms with Gasteiger partial charge in [-0.15, -0.1) is 35.5 Å². The second-order valence-corrected chi connectivity index (χ2v) is 8.94. The molecule has 1 aliphatic rings. The third kappa shape index (κ3) is 9.08. The Kier molecular flexibility index (Phi) is 11.3. The quantitative estimate of drug-likeness (QED) is 0.456. The lowest BCUT2D eigenvalue weighted by atomic mass is 10.2. The molecule has 30 heavy (non-hydrogen) atoms. The molecule has 0 atom stereocenters. The number of thioether (sulfide) groups is 1. The molecule has 0 bridgehead atoms. The zero-order valence-electron chi connectivity index (χ0n) is 16.8. The van der Waals surface area contributed by atoms with Gasteiger partial charge in [0.05, 0.1) is 12.4 Å². The van der Waals surface area contributed by atoms with Crippen LogP contribution in [0.5, 0.6) is 5.75 Å². The second kappa shape index (κ2) is 13.7. The lowest BCUT2D eigenvalue weighted by molar-refractivity contribution is -0.117. The van der Waals surface area contributed by atoms with E-state index in [0.29, 0.717) is 18.1 Å². The summed E-state index contributed by atoms with van der Waals surface area (Å²) in [6, 6.07) is 8.48. The maximum absolute atomic E-state index is 12.8. The summed E-state index contributed by atoms with van der Waals surface area (Å²) in [6.45, 7) is 4.02. The van der Waals surface area contributed by atoms with Gasteiger partial charge in [-0.05, 0) is 55.9 Å². The van der Waals surface area contributed by atoms with E-state index in [2.05, 4.69) is 21.7 Å². The largest absolute Gasteiger partial charge is 0.492 e. The van der Waals surface area contributed by atoms with Crippen molar-refractivity contribution in [1.82, 2.24) is 10.2 Å². The van der Waals surface area contributed by atoms with E-state index in [1.165, 1.54) is 54.7 Å². The van der Waals surface area contributed by atoms with Gasteiger partial charge in [0, 0.05) is 29.0 Å². The maximum atomic E-state index is 12.8. The van der Waals surface area contributed by atoms with Crippen LogP contribution in [0.25, 0.3) is 0 Å². The Bertz CT molecular complexity index is 793. The van der Waals surface area contributed by atoms with Crippen LogP contribution in [-0.2, 0) is 17.1 Å². The van der Waals surface area contributed by atoms with E-state index in [4.69, 9.17) is 4.74 Å². The van der Waals surface area contributed by atoms with Crippen LogP contribution in [0.4, 0.5) is 4.39 Å². The van der Waals surface area contributed by atoms with Crippen LogP contribution in [-0.4, -0.2) is 36.3 Å². The SMILES string of the molecule is Cl.O=C(CSCc1ccc(F)cc1)N/C=C\CCOc1csc(CN2CCCC2)c1. The van der Waals surface area contributed by atoms with Gasteiger partial charge in [-0.2, -0.15) is 0 Å². The number of benzene rings is 1. The summed E-state index contributed by atoms with van der Waals surface area (Å²) < 4.78 is 18.6. The minimum Gasteiger partial charge on any atom is -0.492 e. The number of carbonyl (C=O) groups excluding carboxylic acids is 1. The number of ether oxygens (including phenoxy) is 1. The van der Waals surface area contributed by atoms with E-state index in [1.807, 2.05) is 6.08 Å². The van der Waals surface area contributed by atoms with Gasteiger partial charge in [0.2, 0.25) is 5.91 Å². The number of nitrogens with one attached hydrogen (secondary N) is 1. The van der Waals surface area contributed by atoms with Crippen molar-refractivity contribution < 1.29 is 13.9 Å². The molecular weight excluding hydrogens is 443 g/mol. The highest BCUT2D eigenvalue weighted by atomic mass is 35.5. The summed E-state index contributed by atoms with van der Waals surface area (Å²) in [5, 5.41) is 4.83. The Morgan fingerprint density at radius 2 is 2.03 bits per heavy atom. The van der Waals surface area contributed by atoms with Crippen molar-refractivity contribution in [2.75, 3.05) is 25.4 Å². The molecule has 0 radical (unpaired) electrons. The van der Waals surface area contributed by atoms with Crippen LogP contribution in [0.15, 0.2) is 48.0 Å². The highest BCUT2D eigenvalue weighted by Gasteiger charge is 2.12. The predicted molar refractivity (Wildman–Crippen MR) is 126 cm³/mol. The van der Waals surface area contributed by atoms with Gasteiger partial charge >= 0.3 is 0 Å². The summed E-state index contributed by atoms with van der Waals surface area (Å²) in [4.78, 5) is 15.6. The summed E-state index contributed by atoms with van der Waals surface area (Å²) in [7, 11) is 0. The molecule has 4 nitrogen and oxygen atoms in total. The van der Waals surface area contributed by atoms with Gasteiger partial charge in [-0.3, -0.25) is 9.69 Å². The highest BCUT2D eigenvalue weighted by molar-refractivity contribution is 7.99. The molecule has 0 aliphatic carbocycles. The number of hydrogen-bond acceptors (Lipinski definition) is 5. The maximum Gasteiger partial charge on any atom is 0.233 e. The molecule has 0 saturated carbocycles. The van der Waals surface area contributed by atoms with Gasteiger partial charge in [0.25, 0.3) is 0 Å². The minimum atomic E-state index is -0.243. The first kappa shape index (κ1) is 24.7. The number of thiophene rings is 1. The fraction of sp³-hybridized carbons (Fsp3) is 0.409. The molecule has 8 heteroatoms. The van der Waals surface area contributed by atoms with Crippen molar-refractivity contribution in [3.8, 4) is 5.75 Å². The standard InChI is InChI=1S/C22H27FN2O2S2.ClH/c23-19-7-5-18(6-8-19)15-28-17-22(26)24-9-1-4-12-27-20-13-21(29-16-20)14-25-10-2-3-11-25;/h1,5-9,13,16H,2-4,10-12,14-15,17H2,(H,24,26);1H/b9-1-;. The lowest BCUT2D eigenvalue weighted by Gasteiger charge is -2.12. The highest BCUT2D eigenvalue weighted by Crippen LogP contribution is 2.24. The second-order valence-electron chi connectivity index (χ2n) is 6.96. The molecule has 1 fully saturated rings. The molecule has 3 rings (SSSR count). The third-order valence-corrected chi connectivity index (χ3v) is 6.44. The molecule has 1 N–H and O–H groups in total. The van der Waals surface area contributed by atoms with E-state index in [0.717, 1.165) is 24.3 Å². The lowest BCUT2D eigenvalue weighted by Crippen LogP contribution is -2.19. The van der Waals surface area contributed by atoms with Crippen molar-refractivity contribution in [2.24, 2.45) is 0 Å². The van der Waals surface area contributed by atoms with Crippen molar-refractivity contribution in [1.29, 1.82) is 0 Å². The molecule has 164 valence electrons.